The molecule has 2 aromatic heterocycles. The van der Waals surface area contributed by atoms with Gasteiger partial charge in [-0.1, -0.05) is 42.5 Å². The van der Waals surface area contributed by atoms with Crippen molar-refractivity contribution in [3.8, 4) is 11.1 Å². The van der Waals surface area contributed by atoms with Gasteiger partial charge in [-0.15, -0.1) is 0 Å². The summed E-state index contributed by atoms with van der Waals surface area (Å²) in [6.45, 7) is 1.54. The Hall–Kier alpha value is -3.45. The minimum Gasteiger partial charge on any atom is -0.381 e. The molecule has 146 valence electrons. The second-order valence-electron chi connectivity index (χ2n) is 7.10. The molecular formula is C22H22N6O. The summed E-state index contributed by atoms with van der Waals surface area (Å²) in [6.07, 6.45) is 3.57. The fraction of sp³-hybridized carbons (Fsp3) is 0.227. The summed E-state index contributed by atoms with van der Waals surface area (Å²) in [7, 11) is 0. The SMILES string of the molecule is c1ccc(-c2cccc(Nc3nc(NC4CCOCC4)c4[nH]cnc4n3)c2)cc1. The van der Waals surface area contributed by atoms with E-state index in [0.717, 1.165) is 48.6 Å². The predicted molar refractivity (Wildman–Crippen MR) is 114 cm³/mol. The van der Waals surface area contributed by atoms with Gasteiger partial charge >= 0.3 is 0 Å². The van der Waals surface area contributed by atoms with Crippen LogP contribution in [-0.4, -0.2) is 39.2 Å². The van der Waals surface area contributed by atoms with E-state index in [1.165, 1.54) is 5.56 Å². The molecule has 3 heterocycles. The molecule has 0 unspecified atom stereocenters. The minimum absolute atomic E-state index is 0.333. The molecule has 2 aromatic carbocycles. The number of fused-ring (bicyclic) bond motifs is 1. The number of anilines is 3. The molecule has 0 radical (unpaired) electrons. The van der Waals surface area contributed by atoms with Gasteiger partial charge in [0.25, 0.3) is 0 Å². The van der Waals surface area contributed by atoms with Crippen LogP contribution < -0.4 is 10.6 Å². The van der Waals surface area contributed by atoms with Crippen molar-refractivity contribution in [1.29, 1.82) is 0 Å². The predicted octanol–water partition coefficient (Wildman–Crippen LogP) is 4.35. The first-order valence-corrected chi connectivity index (χ1v) is 9.83. The van der Waals surface area contributed by atoms with Crippen LogP contribution in [0.2, 0.25) is 0 Å². The Morgan fingerprint density at radius 2 is 1.76 bits per heavy atom. The van der Waals surface area contributed by atoms with Gasteiger partial charge in [-0.2, -0.15) is 9.97 Å². The van der Waals surface area contributed by atoms with Crippen LogP contribution in [-0.2, 0) is 4.74 Å². The number of benzene rings is 2. The van der Waals surface area contributed by atoms with Crippen LogP contribution >= 0.6 is 0 Å². The first kappa shape index (κ1) is 17.6. The molecule has 1 aliphatic heterocycles. The lowest BCUT2D eigenvalue weighted by Gasteiger charge is -2.23. The highest BCUT2D eigenvalue weighted by molar-refractivity contribution is 5.84. The lowest BCUT2D eigenvalue weighted by Crippen LogP contribution is -2.28. The van der Waals surface area contributed by atoms with Crippen molar-refractivity contribution in [3.05, 3.63) is 60.9 Å². The average Bonchev–Trinajstić information content (AvgIpc) is 3.24. The fourth-order valence-corrected chi connectivity index (χ4v) is 3.57. The summed E-state index contributed by atoms with van der Waals surface area (Å²) in [5.74, 6) is 1.28. The van der Waals surface area contributed by atoms with Crippen molar-refractivity contribution >= 4 is 28.6 Å². The van der Waals surface area contributed by atoms with E-state index in [2.05, 4.69) is 49.9 Å². The number of rotatable bonds is 5. The topological polar surface area (TPSA) is 87.8 Å². The standard InChI is InChI=1S/C22H22N6O/c1-2-5-15(6-3-1)16-7-4-8-18(13-16)26-22-27-20-19(23-14-24-20)21(28-22)25-17-9-11-29-12-10-17/h1-8,13-14,17H,9-12H2,(H3,23,24,25,26,27,28). The highest BCUT2D eigenvalue weighted by Crippen LogP contribution is 2.26. The minimum atomic E-state index is 0.333. The maximum Gasteiger partial charge on any atom is 0.231 e. The monoisotopic (exact) mass is 386 g/mol. The summed E-state index contributed by atoms with van der Waals surface area (Å²) < 4.78 is 5.46. The van der Waals surface area contributed by atoms with Gasteiger partial charge in [0.05, 0.1) is 6.33 Å². The Morgan fingerprint density at radius 3 is 2.62 bits per heavy atom. The molecule has 0 saturated carbocycles. The van der Waals surface area contributed by atoms with Gasteiger partial charge in [-0.25, -0.2) is 4.98 Å². The van der Waals surface area contributed by atoms with E-state index in [1.807, 2.05) is 30.3 Å². The number of ether oxygens (including phenoxy) is 1. The number of imidazole rings is 1. The van der Waals surface area contributed by atoms with Crippen molar-refractivity contribution in [1.82, 2.24) is 19.9 Å². The maximum absolute atomic E-state index is 5.46. The van der Waals surface area contributed by atoms with Crippen LogP contribution in [0.3, 0.4) is 0 Å². The number of aromatic nitrogens is 4. The van der Waals surface area contributed by atoms with Crippen molar-refractivity contribution in [3.63, 3.8) is 0 Å². The zero-order valence-electron chi connectivity index (χ0n) is 15.9. The Kier molecular flexibility index (Phi) is 4.80. The van der Waals surface area contributed by atoms with Crippen molar-refractivity contribution in [2.75, 3.05) is 23.8 Å². The maximum atomic E-state index is 5.46. The van der Waals surface area contributed by atoms with Crippen LogP contribution in [0.4, 0.5) is 17.5 Å². The quantitative estimate of drug-likeness (QED) is 0.472. The largest absolute Gasteiger partial charge is 0.381 e. The molecule has 0 aliphatic carbocycles. The highest BCUT2D eigenvalue weighted by atomic mass is 16.5. The molecule has 1 saturated heterocycles. The molecule has 1 aliphatic rings. The Labute approximate surface area is 168 Å². The second-order valence-corrected chi connectivity index (χ2v) is 7.10. The lowest BCUT2D eigenvalue weighted by molar-refractivity contribution is 0.0904. The molecule has 3 N–H and O–H groups in total. The van der Waals surface area contributed by atoms with Gasteiger partial charge in [0.2, 0.25) is 5.95 Å². The third-order valence-electron chi connectivity index (χ3n) is 5.07. The molecule has 0 atom stereocenters. The average molecular weight is 386 g/mol. The molecule has 0 spiro atoms. The molecule has 0 amide bonds. The zero-order chi connectivity index (χ0) is 19.5. The van der Waals surface area contributed by atoms with Gasteiger partial charge < -0.3 is 20.4 Å². The first-order valence-electron chi connectivity index (χ1n) is 9.83. The number of nitrogens with zero attached hydrogens (tertiary/aromatic N) is 3. The van der Waals surface area contributed by atoms with Crippen LogP contribution in [0.5, 0.6) is 0 Å². The molecule has 29 heavy (non-hydrogen) atoms. The van der Waals surface area contributed by atoms with Gasteiger partial charge in [0.15, 0.2) is 11.5 Å². The van der Waals surface area contributed by atoms with Gasteiger partial charge in [0, 0.05) is 24.9 Å². The third kappa shape index (κ3) is 3.90. The van der Waals surface area contributed by atoms with Crippen LogP contribution in [0.1, 0.15) is 12.8 Å². The van der Waals surface area contributed by atoms with Gasteiger partial charge in [-0.05, 0) is 36.1 Å². The lowest BCUT2D eigenvalue weighted by atomic mass is 10.1. The van der Waals surface area contributed by atoms with E-state index in [1.54, 1.807) is 6.33 Å². The van der Waals surface area contributed by atoms with Crippen molar-refractivity contribution < 1.29 is 4.74 Å². The number of hydrogen-bond acceptors (Lipinski definition) is 6. The molecule has 0 bridgehead atoms. The summed E-state index contributed by atoms with van der Waals surface area (Å²) in [4.78, 5) is 16.7. The Balaban J connectivity index is 1.43. The molecule has 5 rings (SSSR count). The van der Waals surface area contributed by atoms with Crippen LogP contribution in [0.25, 0.3) is 22.3 Å². The summed E-state index contributed by atoms with van der Waals surface area (Å²) in [5.41, 5.74) is 4.69. The Bertz CT molecular complexity index is 1100. The second kappa shape index (κ2) is 7.89. The van der Waals surface area contributed by atoms with Gasteiger partial charge in [-0.3, -0.25) is 0 Å². The number of aromatic amines is 1. The van der Waals surface area contributed by atoms with E-state index in [4.69, 9.17) is 9.72 Å². The van der Waals surface area contributed by atoms with Crippen LogP contribution in [0, 0.1) is 0 Å². The van der Waals surface area contributed by atoms with E-state index < -0.39 is 0 Å². The zero-order valence-corrected chi connectivity index (χ0v) is 15.9. The molecule has 7 nitrogen and oxygen atoms in total. The Morgan fingerprint density at radius 1 is 0.931 bits per heavy atom. The molecule has 4 aromatic rings. The van der Waals surface area contributed by atoms with Crippen LogP contribution in [0.15, 0.2) is 60.9 Å². The summed E-state index contributed by atoms with van der Waals surface area (Å²) in [5, 5.41) is 6.86. The number of hydrogen-bond donors (Lipinski definition) is 3. The first-order chi connectivity index (χ1) is 14.3. The smallest absolute Gasteiger partial charge is 0.231 e. The molecular weight excluding hydrogens is 364 g/mol. The van der Waals surface area contributed by atoms with Crippen molar-refractivity contribution in [2.24, 2.45) is 0 Å². The third-order valence-corrected chi connectivity index (χ3v) is 5.07. The number of nitrogens with one attached hydrogen (secondary N) is 3. The molecule has 7 heteroatoms. The number of H-pyrrole nitrogens is 1. The van der Waals surface area contributed by atoms with E-state index in [-0.39, 0.29) is 0 Å². The fourth-order valence-electron chi connectivity index (χ4n) is 3.57. The van der Waals surface area contributed by atoms with E-state index in [0.29, 0.717) is 17.6 Å². The van der Waals surface area contributed by atoms with E-state index in [9.17, 15) is 0 Å². The van der Waals surface area contributed by atoms with E-state index >= 15 is 0 Å². The highest BCUT2D eigenvalue weighted by Gasteiger charge is 2.17. The normalized spacial score (nSPS) is 14.8. The van der Waals surface area contributed by atoms with Gasteiger partial charge in [0.1, 0.15) is 5.52 Å². The van der Waals surface area contributed by atoms with Crippen molar-refractivity contribution in [2.45, 2.75) is 18.9 Å². The molecule has 1 fully saturated rings. The summed E-state index contributed by atoms with van der Waals surface area (Å²) >= 11 is 0. The summed E-state index contributed by atoms with van der Waals surface area (Å²) in [6, 6.07) is 18.9.